The number of anilines is 1. The van der Waals surface area contributed by atoms with Crippen molar-refractivity contribution in [2.45, 2.75) is 20.3 Å². The fourth-order valence-corrected chi connectivity index (χ4v) is 2.86. The number of nitrogens with zero attached hydrogens (tertiary/aromatic N) is 3. The van der Waals surface area contributed by atoms with Crippen LogP contribution in [0.4, 0.5) is 14.5 Å². The third kappa shape index (κ3) is 5.15. The third-order valence-electron chi connectivity index (χ3n) is 4.48. The number of aromatic nitrogens is 2. The highest BCUT2D eigenvalue weighted by Crippen LogP contribution is 2.29. The predicted molar refractivity (Wildman–Crippen MR) is 114 cm³/mol. The van der Waals surface area contributed by atoms with Crippen molar-refractivity contribution >= 4 is 11.6 Å². The first kappa shape index (κ1) is 21.7. The van der Waals surface area contributed by atoms with Crippen LogP contribution < -0.4 is 5.32 Å². The van der Waals surface area contributed by atoms with Gasteiger partial charge in [-0.15, -0.1) is 0 Å². The van der Waals surface area contributed by atoms with E-state index in [2.05, 4.69) is 28.3 Å². The Morgan fingerprint density at radius 3 is 2.48 bits per heavy atom. The highest BCUT2D eigenvalue weighted by atomic mass is 19.3. The Morgan fingerprint density at radius 1 is 1.16 bits per heavy atom. The van der Waals surface area contributed by atoms with Gasteiger partial charge in [-0.2, -0.15) is 10.4 Å². The maximum Gasteiger partial charge on any atom is 0.282 e. The average Bonchev–Trinajstić information content (AvgIpc) is 3.15. The lowest BCUT2D eigenvalue weighted by Crippen LogP contribution is -2.14. The second-order valence-electron chi connectivity index (χ2n) is 7.47. The first-order valence-electron chi connectivity index (χ1n) is 9.47. The fraction of sp³-hybridized carbons (Fsp3) is 0.208. The van der Waals surface area contributed by atoms with E-state index in [1.807, 2.05) is 36.4 Å². The SMILES string of the molecule is Cn1cc(C(=O)Nc2ccccc2-c2ccc(C#CC(C)(C)C#N)cc2)c(C(F)F)n1. The molecule has 2 aromatic carbocycles. The van der Waals surface area contributed by atoms with E-state index in [1.54, 1.807) is 26.0 Å². The molecule has 0 radical (unpaired) electrons. The molecule has 0 spiro atoms. The monoisotopic (exact) mass is 418 g/mol. The lowest BCUT2D eigenvalue weighted by molar-refractivity contribution is 0.101. The maximum atomic E-state index is 13.2. The van der Waals surface area contributed by atoms with Crippen LogP contribution in [-0.4, -0.2) is 15.7 Å². The molecule has 1 N–H and O–H groups in total. The molecule has 0 unspecified atom stereocenters. The zero-order valence-corrected chi connectivity index (χ0v) is 17.3. The van der Waals surface area contributed by atoms with E-state index in [9.17, 15) is 13.6 Å². The van der Waals surface area contributed by atoms with Crippen molar-refractivity contribution in [2.75, 3.05) is 5.32 Å². The van der Waals surface area contributed by atoms with E-state index in [0.717, 1.165) is 16.7 Å². The van der Waals surface area contributed by atoms with Crippen LogP contribution in [0.1, 0.15) is 41.9 Å². The molecule has 0 fully saturated rings. The van der Waals surface area contributed by atoms with Crippen molar-refractivity contribution in [3.8, 4) is 29.0 Å². The molecule has 0 saturated carbocycles. The summed E-state index contributed by atoms with van der Waals surface area (Å²) < 4.78 is 27.6. The van der Waals surface area contributed by atoms with Crippen LogP contribution in [0.3, 0.4) is 0 Å². The quantitative estimate of drug-likeness (QED) is 0.594. The van der Waals surface area contributed by atoms with Crippen LogP contribution in [0.25, 0.3) is 11.1 Å². The molecular formula is C24H20F2N4O. The van der Waals surface area contributed by atoms with Crippen LogP contribution >= 0.6 is 0 Å². The van der Waals surface area contributed by atoms with E-state index >= 15 is 0 Å². The van der Waals surface area contributed by atoms with Gasteiger partial charge >= 0.3 is 0 Å². The van der Waals surface area contributed by atoms with Gasteiger partial charge in [0.2, 0.25) is 0 Å². The Kier molecular flexibility index (Phi) is 6.17. The number of hydrogen-bond acceptors (Lipinski definition) is 3. The molecule has 0 aliphatic carbocycles. The zero-order valence-electron chi connectivity index (χ0n) is 17.3. The van der Waals surface area contributed by atoms with E-state index in [0.29, 0.717) is 5.69 Å². The smallest absolute Gasteiger partial charge is 0.282 e. The Balaban J connectivity index is 1.88. The molecule has 1 aromatic heterocycles. The fourth-order valence-electron chi connectivity index (χ4n) is 2.86. The molecule has 0 saturated heterocycles. The molecule has 1 heterocycles. The molecule has 0 aliphatic heterocycles. The molecule has 0 bridgehead atoms. The van der Waals surface area contributed by atoms with Crippen LogP contribution in [0.15, 0.2) is 54.7 Å². The van der Waals surface area contributed by atoms with E-state index < -0.39 is 23.4 Å². The van der Waals surface area contributed by atoms with Crippen molar-refractivity contribution in [2.24, 2.45) is 12.5 Å². The van der Waals surface area contributed by atoms with Gasteiger partial charge in [0, 0.05) is 30.1 Å². The average molecular weight is 418 g/mol. The summed E-state index contributed by atoms with van der Waals surface area (Å²) in [6, 6.07) is 16.6. The standard InChI is InChI=1S/C24H20F2N4O/c1-24(2,15-27)13-12-16-8-10-17(11-9-16)18-6-4-5-7-20(18)28-23(31)19-14-30(3)29-21(19)22(25)26/h4-11,14,22H,1-3H3,(H,28,31). The molecule has 1 amide bonds. The Bertz CT molecular complexity index is 1210. The number of amides is 1. The number of alkyl halides is 2. The summed E-state index contributed by atoms with van der Waals surface area (Å²) in [6.07, 6.45) is -1.58. The normalized spacial score (nSPS) is 10.9. The zero-order chi connectivity index (χ0) is 22.6. The first-order valence-corrected chi connectivity index (χ1v) is 9.47. The van der Waals surface area contributed by atoms with Gasteiger partial charge in [0.05, 0.1) is 11.6 Å². The minimum atomic E-state index is -2.85. The van der Waals surface area contributed by atoms with Crippen molar-refractivity contribution in [1.82, 2.24) is 9.78 Å². The second kappa shape index (κ2) is 8.81. The van der Waals surface area contributed by atoms with Gasteiger partial charge in [-0.25, -0.2) is 8.78 Å². The molecule has 7 heteroatoms. The summed E-state index contributed by atoms with van der Waals surface area (Å²) >= 11 is 0. The number of para-hydroxylation sites is 1. The highest BCUT2D eigenvalue weighted by Gasteiger charge is 2.23. The number of nitriles is 1. The number of halogens is 2. The second-order valence-corrected chi connectivity index (χ2v) is 7.47. The van der Waals surface area contributed by atoms with Crippen molar-refractivity contribution in [3.63, 3.8) is 0 Å². The Labute approximate surface area is 179 Å². The number of carbonyl (C=O) groups is 1. The molecule has 3 aromatic rings. The van der Waals surface area contributed by atoms with Crippen molar-refractivity contribution < 1.29 is 13.6 Å². The van der Waals surface area contributed by atoms with Crippen molar-refractivity contribution in [1.29, 1.82) is 5.26 Å². The van der Waals surface area contributed by atoms with Crippen LogP contribution in [0, 0.1) is 28.6 Å². The molecule has 5 nitrogen and oxygen atoms in total. The van der Waals surface area contributed by atoms with E-state index in [1.165, 1.54) is 17.9 Å². The van der Waals surface area contributed by atoms with Gasteiger partial charge in [0.25, 0.3) is 12.3 Å². The number of hydrogen-bond donors (Lipinski definition) is 1. The van der Waals surface area contributed by atoms with E-state index in [-0.39, 0.29) is 5.56 Å². The first-order chi connectivity index (χ1) is 14.7. The third-order valence-corrected chi connectivity index (χ3v) is 4.48. The van der Waals surface area contributed by atoms with Crippen LogP contribution in [-0.2, 0) is 7.05 Å². The highest BCUT2D eigenvalue weighted by molar-refractivity contribution is 6.06. The summed E-state index contributed by atoms with van der Waals surface area (Å²) in [5.41, 5.74) is 1.33. The van der Waals surface area contributed by atoms with Gasteiger partial charge in [0.1, 0.15) is 11.1 Å². The molecule has 0 aliphatic rings. The maximum absolute atomic E-state index is 13.2. The van der Waals surface area contributed by atoms with Gasteiger partial charge in [-0.3, -0.25) is 9.48 Å². The summed E-state index contributed by atoms with van der Waals surface area (Å²) in [7, 11) is 1.48. The largest absolute Gasteiger partial charge is 0.321 e. The molecule has 156 valence electrons. The minimum absolute atomic E-state index is 0.168. The summed E-state index contributed by atoms with van der Waals surface area (Å²) in [5.74, 6) is 5.24. The summed E-state index contributed by atoms with van der Waals surface area (Å²) in [5, 5.41) is 15.5. The molecule has 3 rings (SSSR count). The summed E-state index contributed by atoms with van der Waals surface area (Å²) in [6.45, 7) is 3.49. The number of benzene rings is 2. The van der Waals surface area contributed by atoms with Crippen LogP contribution in [0.2, 0.25) is 0 Å². The van der Waals surface area contributed by atoms with Gasteiger partial charge in [-0.05, 0) is 37.6 Å². The summed E-state index contributed by atoms with van der Waals surface area (Å²) in [4.78, 5) is 12.7. The minimum Gasteiger partial charge on any atom is -0.321 e. The molecule has 0 atom stereocenters. The topological polar surface area (TPSA) is 70.7 Å². The lowest BCUT2D eigenvalue weighted by Gasteiger charge is -2.11. The number of nitrogens with one attached hydrogen (secondary N) is 1. The number of carbonyl (C=O) groups excluding carboxylic acids is 1. The van der Waals surface area contributed by atoms with Crippen molar-refractivity contribution in [3.05, 3.63) is 71.5 Å². The Hall–Kier alpha value is -3.97. The number of rotatable bonds is 4. The lowest BCUT2D eigenvalue weighted by atomic mass is 9.96. The van der Waals surface area contributed by atoms with Gasteiger partial charge in [0.15, 0.2) is 0 Å². The van der Waals surface area contributed by atoms with Gasteiger partial charge < -0.3 is 5.32 Å². The van der Waals surface area contributed by atoms with Crippen LogP contribution in [0.5, 0.6) is 0 Å². The number of aryl methyl sites for hydroxylation is 1. The predicted octanol–water partition coefficient (Wildman–Crippen LogP) is 5.18. The van der Waals surface area contributed by atoms with Gasteiger partial charge in [-0.1, -0.05) is 42.2 Å². The molecule has 31 heavy (non-hydrogen) atoms. The Morgan fingerprint density at radius 2 is 1.84 bits per heavy atom. The van der Waals surface area contributed by atoms with E-state index in [4.69, 9.17) is 5.26 Å². The molecular weight excluding hydrogens is 398 g/mol.